The van der Waals surface area contributed by atoms with E-state index in [4.69, 9.17) is 21.3 Å². The molecule has 31 heavy (non-hydrogen) atoms. The molecule has 5 heteroatoms. The van der Waals surface area contributed by atoms with Gasteiger partial charge in [-0.2, -0.15) is 0 Å². The summed E-state index contributed by atoms with van der Waals surface area (Å²) >= 11 is 6.00. The zero-order valence-corrected chi connectivity index (χ0v) is 18.5. The quantitative estimate of drug-likeness (QED) is 0.342. The summed E-state index contributed by atoms with van der Waals surface area (Å²) in [4.78, 5) is 7.56. The topological polar surface area (TPSA) is 30.3 Å². The molecule has 0 amide bonds. The monoisotopic (exact) mass is 433 g/mol. The summed E-state index contributed by atoms with van der Waals surface area (Å²) < 4.78 is 8.41. The number of aryl methyl sites for hydroxylation is 1. The first-order valence-corrected chi connectivity index (χ1v) is 11.6. The van der Waals surface area contributed by atoms with Crippen molar-refractivity contribution in [2.24, 2.45) is 0 Å². The second-order valence-electron chi connectivity index (χ2n) is 8.37. The van der Waals surface area contributed by atoms with Crippen LogP contribution in [0.25, 0.3) is 21.8 Å². The number of ether oxygens (including phenoxy) is 1. The fourth-order valence-corrected chi connectivity index (χ4v) is 4.66. The third-order valence-electron chi connectivity index (χ3n) is 6.18. The Kier molecular flexibility index (Phi) is 6.10. The lowest BCUT2D eigenvalue weighted by Crippen LogP contribution is -2.31. The van der Waals surface area contributed by atoms with Gasteiger partial charge < -0.3 is 14.2 Å². The Morgan fingerprint density at radius 2 is 1.61 bits per heavy atom. The van der Waals surface area contributed by atoms with Gasteiger partial charge in [0.25, 0.3) is 0 Å². The van der Waals surface area contributed by atoms with Crippen molar-refractivity contribution in [3.63, 3.8) is 0 Å². The smallest absolute Gasteiger partial charge is 0.147 e. The van der Waals surface area contributed by atoms with E-state index in [1.165, 1.54) is 48.6 Å². The lowest BCUT2D eigenvalue weighted by Gasteiger charge is -2.26. The zero-order chi connectivity index (χ0) is 21.0. The zero-order valence-electron chi connectivity index (χ0n) is 17.8. The van der Waals surface area contributed by atoms with Gasteiger partial charge in [0.15, 0.2) is 0 Å². The first-order valence-electron chi connectivity index (χ1n) is 11.2. The molecule has 4 aromatic rings. The predicted octanol–water partition coefficient (Wildman–Crippen LogP) is 6.30. The highest BCUT2D eigenvalue weighted by Crippen LogP contribution is 2.25. The maximum Gasteiger partial charge on any atom is 0.147 e. The number of piperidine rings is 1. The molecule has 0 N–H and O–H groups in total. The summed E-state index contributed by atoms with van der Waals surface area (Å²) in [6.07, 6.45) is 5.16. The third-order valence-corrected chi connectivity index (χ3v) is 6.43. The molecule has 1 fully saturated rings. The van der Waals surface area contributed by atoms with Crippen molar-refractivity contribution in [1.82, 2.24) is 14.5 Å². The van der Waals surface area contributed by atoms with Crippen LogP contribution in [0.3, 0.4) is 0 Å². The Morgan fingerprint density at radius 3 is 2.39 bits per heavy atom. The van der Waals surface area contributed by atoms with Crippen LogP contribution in [0.15, 0.2) is 60.7 Å². The normalized spacial score (nSPS) is 15.0. The van der Waals surface area contributed by atoms with Gasteiger partial charge in [-0.25, -0.2) is 4.98 Å². The van der Waals surface area contributed by atoms with Crippen LogP contribution >= 0.6 is 11.6 Å². The molecular weight excluding hydrogens is 406 g/mol. The highest BCUT2D eigenvalue weighted by atomic mass is 35.5. The minimum absolute atomic E-state index is 0.441. The van der Waals surface area contributed by atoms with Crippen molar-refractivity contribution < 1.29 is 4.74 Å². The average molecular weight is 434 g/mol. The van der Waals surface area contributed by atoms with Gasteiger partial charge >= 0.3 is 0 Å². The van der Waals surface area contributed by atoms with E-state index < -0.39 is 0 Å². The van der Waals surface area contributed by atoms with Crippen LogP contribution in [0, 0.1) is 0 Å². The van der Waals surface area contributed by atoms with Gasteiger partial charge in [0.05, 0.1) is 11.0 Å². The molecule has 0 atom stereocenters. The van der Waals surface area contributed by atoms with Gasteiger partial charge in [-0.3, -0.25) is 0 Å². The highest BCUT2D eigenvalue weighted by molar-refractivity contribution is 6.30. The second-order valence-corrected chi connectivity index (χ2v) is 8.80. The minimum Gasteiger partial charge on any atom is -0.486 e. The first-order chi connectivity index (χ1) is 15.3. The molecule has 3 aromatic carbocycles. The Labute approximate surface area is 188 Å². The number of rotatable bonds is 7. The highest BCUT2D eigenvalue weighted by Gasteiger charge is 2.14. The van der Waals surface area contributed by atoms with Gasteiger partial charge in [-0.1, -0.05) is 42.3 Å². The molecule has 2 heterocycles. The number of nitrogens with zero attached hydrogens (tertiary/aromatic N) is 3. The van der Waals surface area contributed by atoms with Gasteiger partial charge in [-0.05, 0) is 86.1 Å². The molecule has 1 saturated heterocycles. The van der Waals surface area contributed by atoms with E-state index in [0.717, 1.165) is 36.6 Å². The fraction of sp³-hybridized carbons (Fsp3) is 0.346. The number of likely N-dealkylation sites (tertiary alicyclic amines) is 1. The summed E-state index contributed by atoms with van der Waals surface area (Å²) in [5.41, 5.74) is 2.22. The minimum atomic E-state index is 0.441. The second kappa shape index (κ2) is 9.29. The van der Waals surface area contributed by atoms with Crippen molar-refractivity contribution in [2.45, 2.75) is 38.8 Å². The first kappa shape index (κ1) is 20.3. The molecule has 0 bridgehead atoms. The Morgan fingerprint density at radius 1 is 0.871 bits per heavy atom. The number of imidazole rings is 1. The molecule has 4 nitrogen and oxygen atoms in total. The van der Waals surface area contributed by atoms with Crippen LogP contribution in [-0.2, 0) is 13.2 Å². The van der Waals surface area contributed by atoms with Crippen LogP contribution < -0.4 is 4.74 Å². The maximum absolute atomic E-state index is 6.06. The van der Waals surface area contributed by atoms with E-state index in [9.17, 15) is 0 Å². The fourth-order valence-electron chi connectivity index (χ4n) is 4.53. The number of hydrogen-bond donors (Lipinski definition) is 0. The van der Waals surface area contributed by atoms with Crippen molar-refractivity contribution >= 4 is 33.4 Å². The molecule has 5 rings (SSSR count). The van der Waals surface area contributed by atoms with Crippen molar-refractivity contribution in [3.05, 3.63) is 71.5 Å². The molecule has 0 spiro atoms. The Bertz CT molecular complexity index is 1160. The van der Waals surface area contributed by atoms with Gasteiger partial charge in [-0.15, -0.1) is 0 Å². The summed E-state index contributed by atoms with van der Waals surface area (Å²) in [6, 6.07) is 20.5. The number of hydrogen-bond acceptors (Lipinski definition) is 3. The SMILES string of the molecule is Clc1ccc(OCc2nc3cc4ccccc4cc3n2CCCN2CCCCC2)cc1. The van der Waals surface area contributed by atoms with Gasteiger partial charge in [0.2, 0.25) is 0 Å². The Balaban J connectivity index is 1.41. The number of fused-ring (bicyclic) bond motifs is 2. The summed E-state index contributed by atoms with van der Waals surface area (Å²) in [6.45, 7) is 5.01. The number of aromatic nitrogens is 2. The van der Waals surface area contributed by atoms with Crippen molar-refractivity contribution in [2.75, 3.05) is 19.6 Å². The third kappa shape index (κ3) is 4.70. The van der Waals surface area contributed by atoms with Crippen molar-refractivity contribution in [1.29, 1.82) is 0 Å². The number of halogens is 1. The average Bonchev–Trinajstić information content (AvgIpc) is 3.14. The summed E-state index contributed by atoms with van der Waals surface area (Å²) in [7, 11) is 0. The van der Waals surface area contributed by atoms with Gasteiger partial charge in [0.1, 0.15) is 18.2 Å². The summed E-state index contributed by atoms with van der Waals surface area (Å²) in [5, 5.41) is 3.18. The molecule has 0 saturated carbocycles. The molecule has 0 unspecified atom stereocenters. The maximum atomic E-state index is 6.06. The van der Waals surface area contributed by atoms with E-state index in [2.05, 4.69) is 45.9 Å². The molecule has 1 aromatic heterocycles. The van der Waals surface area contributed by atoms with E-state index >= 15 is 0 Å². The molecule has 1 aliphatic heterocycles. The van der Waals surface area contributed by atoms with Crippen LogP contribution in [0.2, 0.25) is 5.02 Å². The molecule has 160 valence electrons. The largest absolute Gasteiger partial charge is 0.486 e. The van der Waals surface area contributed by atoms with Crippen LogP contribution in [0.4, 0.5) is 0 Å². The Hall–Kier alpha value is -2.56. The van der Waals surface area contributed by atoms with Crippen LogP contribution in [0.5, 0.6) is 5.75 Å². The van der Waals surface area contributed by atoms with Crippen LogP contribution in [-0.4, -0.2) is 34.1 Å². The van der Waals surface area contributed by atoms with Crippen LogP contribution in [0.1, 0.15) is 31.5 Å². The van der Waals surface area contributed by atoms with E-state index in [1.54, 1.807) is 0 Å². The summed E-state index contributed by atoms with van der Waals surface area (Å²) in [5.74, 6) is 1.78. The van der Waals surface area contributed by atoms with E-state index in [0.29, 0.717) is 11.6 Å². The predicted molar refractivity (Wildman–Crippen MR) is 128 cm³/mol. The molecular formula is C26H28ClN3O. The van der Waals surface area contributed by atoms with Gasteiger partial charge in [0, 0.05) is 11.6 Å². The number of benzene rings is 3. The molecule has 1 aliphatic rings. The van der Waals surface area contributed by atoms with E-state index in [1.807, 2.05) is 24.3 Å². The standard InChI is InChI=1S/C26H28ClN3O/c27-22-9-11-23(12-10-22)31-19-26-28-24-17-20-7-2-3-8-21(20)18-25(24)30(26)16-6-15-29-13-4-1-5-14-29/h2-3,7-12,17-18H,1,4-6,13-16,19H2. The lowest BCUT2D eigenvalue weighted by atomic mass is 10.1. The van der Waals surface area contributed by atoms with Crippen molar-refractivity contribution in [3.8, 4) is 5.75 Å². The van der Waals surface area contributed by atoms with E-state index in [-0.39, 0.29) is 0 Å². The molecule has 0 aliphatic carbocycles. The molecule has 0 radical (unpaired) electrons. The lowest BCUT2D eigenvalue weighted by molar-refractivity contribution is 0.222.